The van der Waals surface area contributed by atoms with Crippen LogP contribution in [0.5, 0.6) is 0 Å². The predicted molar refractivity (Wildman–Crippen MR) is 66.7 cm³/mol. The molecule has 1 amide bonds. The number of methoxy groups -OCH3 is 1. The lowest BCUT2D eigenvalue weighted by molar-refractivity contribution is 0.0839. The topological polar surface area (TPSA) is 58.6 Å². The van der Waals surface area contributed by atoms with Gasteiger partial charge in [0.05, 0.1) is 29.3 Å². The van der Waals surface area contributed by atoms with Crippen molar-refractivity contribution in [2.45, 2.75) is 6.04 Å². The second-order valence-electron chi connectivity index (χ2n) is 3.44. The summed E-state index contributed by atoms with van der Waals surface area (Å²) in [6.07, 6.45) is 0. The first kappa shape index (κ1) is 14.3. The molecule has 94 valence electrons. The highest BCUT2D eigenvalue weighted by Crippen LogP contribution is 2.22. The summed E-state index contributed by atoms with van der Waals surface area (Å²) >= 11 is 11.5. The maximum absolute atomic E-state index is 11.8. The van der Waals surface area contributed by atoms with E-state index in [-0.39, 0.29) is 19.1 Å². The van der Waals surface area contributed by atoms with Gasteiger partial charge in [-0.25, -0.2) is 0 Å². The summed E-state index contributed by atoms with van der Waals surface area (Å²) in [6, 6.07) is 4.14. The lowest BCUT2D eigenvalue weighted by Crippen LogP contribution is -2.40. The molecule has 1 unspecified atom stereocenters. The average molecular weight is 278 g/mol. The van der Waals surface area contributed by atoms with Gasteiger partial charge >= 0.3 is 0 Å². The molecule has 0 aromatic heterocycles. The van der Waals surface area contributed by atoms with E-state index >= 15 is 0 Å². The van der Waals surface area contributed by atoms with Gasteiger partial charge in [0.25, 0.3) is 5.91 Å². The Hall–Kier alpha value is -0.810. The van der Waals surface area contributed by atoms with Crippen LogP contribution in [-0.4, -0.2) is 37.4 Å². The van der Waals surface area contributed by atoms with Crippen LogP contribution in [0.4, 0.5) is 0 Å². The minimum absolute atomic E-state index is 0.194. The molecule has 0 aliphatic rings. The highest BCUT2D eigenvalue weighted by atomic mass is 35.5. The van der Waals surface area contributed by atoms with Crippen LogP contribution in [-0.2, 0) is 4.74 Å². The van der Waals surface area contributed by atoms with Gasteiger partial charge in [-0.05, 0) is 18.2 Å². The van der Waals surface area contributed by atoms with E-state index in [1.165, 1.54) is 13.2 Å². The third kappa shape index (κ3) is 4.16. The van der Waals surface area contributed by atoms with E-state index in [1.807, 2.05) is 0 Å². The SMILES string of the molecule is COCC(CO)NC(=O)c1ccc(Cl)c(Cl)c1. The summed E-state index contributed by atoms with van der Waals surface area (Å²) in [5.41, 5.74) is 0.383. The van der Waals surface area contributed by atoms with Crippen LogP contribution in [0.2, 0.25) is 10.0 Å². The van der Waals surface area contributed by atoms with Crippen molar-refractivity contribution in [2.75, 3.05) is 20.3 Å². The number of rotatable bonds is 5. The number of carbonyl (C=O) groups is 1. The molecule has 0 aliphatic carbocycles. The molecule has 0 spiro atoms. The molecule has 1 atom stereocenters. The first-order valence-electron chi connectivity index (χ1n) is 4.94. The van der Waals surface area contributed by atoms with Crippen molar-refractivity contribution in [3.63, 3.8) is 0 Å². The second kappa shape index (κ2) is 6.81. The lowest BCUT2D eigenvalue weighted by atomic mass is 10.2. The van der Waals surface area contributed by atoms with E-state index in [1.54, 1.807) is 12.1 Å². The largest absolute Gasteiger partial charge is 0.394 e. The molecular formula is C11H13Cl2NO3. The highest BCUT2D eigenvalue weighted by molar-refractivity contribution is 6.42. The van der Waals surface area contributed by atoms with Crippen molar-refractivity contribution in [2.24, 2.45) is 0 Å². The van der Waals surface area contributed by atoms with Gasteiger partial charge in [-0.2, -0.15) is 0 Å². The third-order valence-corrected chi connectivity index (χ3v) is 2.84. The van der Waals surface area contributed by atoms with Crippen LogP contribution in [0.1, 0.15) is 10.4 Å². The van der Waals surface area contributed by atoms with Crippen LogP contribution in [0.25, 0.3) is 0 Å². The van der Waals surface area contributed by atoms with Gasteiger partial charge in [0, 0.05) is 12.7 Å². The monoisotopic (exact) mass is 277 g/mol. The summed E-state index contributed by atoms with van der Waals surface area (Å²) < 4.78 is 4.85. The van der Waals surface area contributed by atoms with E-state index in [9.17, 15) is 4.79 Å². The molecule has 17 heavy (non-hydrogen) atoms. The Morgan fingerprint density at radius 1 is 1.47 bits per heavy atom. The number of amides is 1. The lowest BCUT2D eigenvalue weighted by Gasteiger charge is -2.15. The number of benzene rings is 1. The van der Waals surface area contributed by atoms with Crippen molar-refractivity contribution in [3.8, 4) is 0 Å². The van der Waals surface area contributed by atoms with Crippen molar-refractivity contribution in [3.05, 3.63) is 33.8 Å². The van der Waals surface area contributed by atoms with E-state index in [0.717, 1.165) is 0 Å². The van der Waals surface area contributed by atoms with Gasteiger partial charge in [-0.1, -0.05) is 23.2 Å². The van der Waals surface area contributed by atoms with E-state index in [0.29, 0.717) is 15.6 Å². The van der Waals surface area contributed by atoms with Crippen LogP contribution in [0.3, 0.4) is 0 Å². The van der Waals surface area contributed by atoms with Crippen molar-refractivity contribution in [1.82, 2.24) is 5.32 Å². The number of aliphatic hydroxyl groups excluding tert-OH is 1. The van der Waals surface area contributed by atoms with Crippen molar-refractivity contribution < 1.29 is 14.6 Å². The maximum Gasteiger partial charge on any atom is 0.251 e. The fourth-order valence-electron chi connectivity index (χ4n) is 1.25. The molecule has 4 nitrogen and oxygen atoms in total. The third-order valence-electron chi connectivity index (χ3n) is 2.11. The molecule has 1 rings (SSSR count). The van der Waals surface area contributed by atoms with Crippen LogP contribution in [0, 0.1) is 0 Å². The van der Waals surface area contributed by atoms with Gasteiger partial charge < -0.3 is 15.2 Å². The summed E-state index contributed by atoms with van der Waals surface area (Å²) in [6.45, 7) is 0.0461. The van der Waals surface area contributed by atoms with Crippen LogP contribution in [0.15, 0.2) is 18.2 Å². The number of nitrogens with one attached hydrogen (secondary N) is 1. The number of hydrogen-bond donors (Lipinski definition) is 2. The Balaban J connectivity index is 2.72. The molecule has 1 aromatic carbocycles. The highest BCUT2D eigenvalue weighted by Gasteiger charge is 2.13. The molecule has 2 N–H and O–H groups in total. The van der Waals surface area contributed by atoms with Gasteiger partial charge in [-0.15, -0.1) is 0 Å². The van der Waals surface area contributed by atoms with E-state index in [4.69, 9.17) is 33.0 Å². The number of carbonyl (C=O) groups excluding carboxylic acids is 1. The molecule has 0 radical (unpaired) electrons. The summed E-state index contributed by atoms with van der Waals surface area (Å²) in [5, 5.41) is 12.3. The number of ether oxygens (including phenoxy) is 1. The van der Waals surface area contributed by atoms with Gasteiger partial charge in [0.2, 0.25) is 0 Å². The Labute approximate surface area is 109 Å². The fourth-order valence-corrected chi connectivity index (χ4v) is 1.55. The van der Waals surface area contributed by atoms with E-state index < -0.39 is 6.04 Å². The zero-order valence-corrected chi connectivity index (χ0v) is 10.8. The Morgan fingerprint density at radius 2 is 2.18 bits per heavy atom. The Morgan fingerprint density at radius 3 is 2.71 bits per heavy atom. The summed E-state index contributed by atoms with van der Waals surface area (Å²) in [4.78, 5) is 11.8. The zero-order valence-electron chi connectivity index (χ0n) is 9.24. The first-order chi connectivity index (χ1) is 8.08. The van der Waals surface area contributed by atoms with Gasteiger partial charge in [0.1, 0.15) is 0 Å². The number of aliphatic hydroxyl groups is 1. The number of halogens is 2. The maximum atomic E-state index is 11.8. The zero-order chi connectivity index (χ0) is 12.8. The summed E-state index contributed by atoms with van der Waals surface area (Å²) in [5.74, 6) is -0.334. The minimum Gasteiger partial charge on any atom is -0.394 e. The Kier molecular flexibility index (Phi) is 5.71. The fraction of sp³-hybridized carbons (Fsp3) is 0.364. The molecular weight excluding hydrogens is 265 g/mol. The standard InChI is InChI=1S/C11H13Cl2NO3/c1-17-6-8(5-15)14-11(16)7-2-3-9(12)10(13)4-7/h2-4,8,15H,5-6H2,1H3,(H,14,16). The first-order valence-corrected chi connectivity index (χ1v) is 5.69. The number of hydrogen-bond acceptors (Lipinski definition) is 3. The van der Waals surface area contributed by atoms with Crippen LogP contribution >= 0.6 is 23.2 Å². The smallest absolute Gasteiger partial charge is 0.251 e. The normalized spacial score (nSPS) is 12.2. The van der Waals surface area contributed by atoms with E-state index in [2.05, 4.69) is 5.32 Å². The minimum atomic E-state index is -0.443. The molecule has 0 aliphatic heterocycles. The van der Waals surface area contributed by atoms with Crippen molar-refractivity contribution in [1.29, 1.82) is 0 Å². The van der Waals surface area contributed by atoms with Crippen molar-refractivity contribution >= 4 is 29.1 Å². The van der Waals surface area contributed by atoms with Gasteiger partial charge in [-0.3, -0.25) is 4.79 Å². The second-order valence-corrected chi connectivity index (χ2v) is 4.25. The summed E-state index contributed by atoms with van der Waals surface area (Å²) in [7, 11) is 1.49. The molecule has 6 heteroatoms. The quantitative estimate of drug-likeness (QED) is 0.862. The van der Waals surface area contributed by atoms with Gasteiger partial charge in [0.15, 0.2) is 0 Å². The predicted octanol–water partition coefficient (Wildman–Crippen LogP) is 1.73. The van der Waals surface area contributed by atoms with Crippen LogP contribution < -0.4 is 5.32 Å². The molecule has 0 saturated carbocycles. The molecule has 1 aromatic rings. The molecule has 0 saturated heterocycles. The molecule has 0 fully saturated rings. The average Bonchev–Trinajstić information content (AvgIpc) is 2.31. The molecule has 0 bridgehead atoms. The molecule has 0 heterocycles. The Bertz CT molecular complexity index is 398.